The highest BCUT2D eigenvalue weighted by molar-refractivity contribution is 5.91. The number of hydrogen-bond acceptors (Lipinski definition) is 2. The minimum Gasteiger partial charge on any atom is -0.478 e. The highest BCUT2D eigenvalue weighted by Crippen LogP contribution is 2.27. The van der Waals surface area contributed by atoms with E-state index in [9.17, 15) is 4.79 Å². The van der Waals surface area contributed by atoms with E-state index in [1.807, 2.05) is 30.3 Å². The number of ether oxygens (including phenoxy) is 1. The van der Waals surface area contributed by atoms with E-state index in [2.05, 4.69) is 4.98 Å². The lowest BCUT2D eigenvalue weighted by Gasteiger charge is -2.05. The average Bonchev–Trinajstić information content (AvgIpc) is 2.81. The fourth-order valence-electron chi connectivity index (χ4n) is 1.95. The van der Waals surface area contributed by atoms with Crippen LogP contribution in [0.3, 0.4) is 0 Å². The van der Waals surface area contributed by atoms with Crippen molar-refractivity contribution in [1.29, 1.82) is 0 Å². The molecule has 1 heterocycles. The summed E-state index contributed by atoms with van der Waals surface area (Å²) < 4.78 is 5.62. The molecule has 0 fully saturated rings. The predicted octanol–water partition coefficient (Wildman–Crippen LogP) is 3.66. The topological polar surface area (TPSA) is 62.3 Å². The quantitative estimate of drug-likeness (QED) is 0.748. The molecule has 94 valence electrons. The van der Waals surface area contributed by atoms with Gasteiger partial charge in [0.2, 0.25) is 0 Å². The van der Waals surface area contributed by atoms with E-state index in [-0.39, 0.29) is 5.56 Å². The largest absolute Gasteiger partial charge is 0.478 e. The van der Waals surface area contributed by atoms with E-state index < -0.39 is 5.97 Å². The van der Waals surface area contributed by atoms with E-state index in [0.29, 0.717) is 11.6 Å². The van der Waals surface area contributed by atoms with Gasteiger partial charge in [0.1, 0.15) is 11.3 Å². The maximum atomic E-state index is 11.1. The molecule has 0 unspecified atom stereocenters. The monoisotopic (exact) mass is 253 g/mol. The van der Waals surface area contributed by atoms with Crippen molar-refractivity contribution in [1.82, 2.24) is 4.98 Å². The van der Waals surface area contributed by atoms with Gasteiger partial charge in [-0.25, -0.2) is 4.79 Å². The van der Waals surface area contributed by atoms with Gasteiger partial charge >= 0.3 is 5.97 Å². The lowest BCUT2D eigenvalue weighted by Crippen LogP contribution is -1.99. The average molecular weight is 253 g/mol. The fraction of sp³-hybridized carbons (Fsp3) is 0. The number of aromatic nitrogens is 1. The minimum absolute atomic E-state index is 0.140. The SMILES string of the molecule is O=C(O)c1ccccc1Oc1cc2ccccc2[nH]1. The number of aromatic carboxylic acids is 1. The van der Waals surface area contributed by atoms with Gasteiger partial charge in [-0.15, -0.1) is 0 Å². The van der Waals surface area contributed by atoms with Gasteiger partial charge in [0.25, 0.3) is 0 Å². The molecule has 0 aliphatic heterocycles. The summed E-state index contributed by atoms with van der Waals surface area (Å²) in [6.07, 6.45) is 0. The summed E-state index contributed by atoms with van der Waals surface area (Å²) in [4.78, 5) is 14.2. The van der Waals surface area contributed by atoms with Gasteiger partial charge in [0.15, 0.2) is 5.88 Å². The van der Waals surface area contributed by atoms with Crippen LogP contribution in [0.5, 0.6) is 11.6 Å². The van der Waals surface area contributed by atoms with Crippen LogP contribution in [0.4, 0.5) is 0 Å². The second kappa shape index (κ2) is 4.49. The third-order valence-corrected chi connectivity index (χ3v) is 2.84. The molecule has 2 N–H and O–H groups in total. The van der Waals surface area contributed by atoms with Crippen molar-refractivity contribution in [3.63, 3.8) is 0 Å². The Balaban J connectivity index is 1.99. The van der Waals surface area contributed by atoms with Crippen LogP contribution in [0, 0.1) is 0 Å². The van der Waals surface area contributed by atoms with Crippen LogP contribution in [-0.4, -0.2) is 16.1 Å². The molecule has 19 heavy (non-hydrogen) atoms. The van der Waals surface area contributed by atoms with Crippen LogP contribution >= 0.6 is 0 Å². The number of benzene rings is 2. The number of para-hydroxylation sites is 2. The normalized spacial score (nSPS) is 10.5. The number of nitrogens with one attached hydrogen (secondary N) is 1. The number of H-pyrrole nitrogens is 1. The van der Waals surface area contributed by atoms with Crippen LogP contribution in [-0.2, 0) is 0 Å². The minimum atomic E-state index is -1.01. The van der Waals surface area contributed by atoms with E-state index in [1.165, 1.54) is 6.07 Å². The van der Waals surface area contributed by atoms with Crippen molar-refractivity contribution in [3.8, 4) is 11.6 Å². The van der Waals surface area contributed by atoms with E-state index >= 15 is 0 Å². The van der Waals surface area contributed by atoms with Gasteiger partial charge in [0.05, 0.1) is 0 Å². The number of carboxylic acid groups (broad SMARTS) is 1. The second-order valence-electron chi connectivity index (χ2n) is 4.12. The zero-order chi connectivity index (χ0) is 13.2. The van der Waals surface area contributed by atoms with Gasteiger partial charge < -0.3 is 14.8 Å². The molecule has 0 saturated heterocycles. The Kier molecular flexibility index (Phi) is 2.68. The smallest absolute Gasteiger partial charge is 0.339 e. The first kappa shape index (κ1) is 11.3. The van der Waals surface area contributed by atoms with Crippen LogP contribution in [0.15, 0.2) is 54.6 Å². The molecule has 3 aromatic rings. The van der Waals surface area contributed by atoms with Crippen molar-refractivity contribution in [2.75, 3.05) is 0 Å². The molecule has 2 aromatic carbocycles. The Morgan fingerprint density at radius 3 is 2.58 bits per heavy atom. The molecule has 0 aliphatic rings. The summed E-state index contributed by atoms with van der Waals surface area (Å²) in [5.41, 5.74) is 1.09. The molecular formula is C15H11NO3. The number of fused-ring (bicyclic) bond motifs is 1. The molecule has 0 radical (unpaired) electrons. The summed E-state index contributed by atoms with van der Waals surface area (Å²) in [5, 5.41) is 10.1. The lowest BCUT2D eigenvalue weighted by molar-refractivity contribution is 0.0694. The number of carbonyl (C=O) groups is 1. The van der Waals surface area contributed by atoms with Crippen LogP contribution in [0.2, 0.25) is 0 Å². The van der Waals surface area contributed by atoms with Crippen molar-refractivity contribution in [2.45, 2.75) is 0 Å². The summed E-state index contributed by atoms with van der Waals surface area (Å²) >= 11 is 0. The third kappa shape index (κ3) is 2.15. The van der Waals surface area contributed by atoms with Crippen molar-refractivity contribution in [2.24, 2.45) is 0 Å². The molecule has 0 saturated carbocycles. The first-order valence-electron chi connectivity index (χ1n) is 5.82. The van der Waals surface area contributed by atoms with Gasteiger partial charge in [-0.2, -0.15) is 0 Å². The molecule has 0 amide bonds. The summed E-state index contributed by atoms with van der Waals surface area (Å²) in [7, 11) is 0. The number of rotatable bonds is 3. The highest BCUT2D eigenvalue weighted by atomic mass is 16.5. The Hall–Kier alpha value is -2.75. The van der Waals surface area contributed by atoms with Crippen LogP contribution in [0.25, 0.3) is 10.9 Å². The first-order chi connectivity index (χ1) is 9.24. The predicted molar refractivity (Wildman–Crippen MR) is 71.8 cm³/mol. The van der Waals surface area contributed by atoms with Crippen LogP contribution in [0.1, 0.15) is 10.4 Å². The van der Waals surface area contributed by atoms with Gasteiger partial charge in [-0.05, 0) is 18.2 Å². The van der Waals surface area contributed by atoms with Crippen molar-refractivity contribution >= 4 is 16.9 Å². The fourth-order valence-corrected chi connectivity index (χ4v) is 1.95. The molecule has 0 aliphatic carbocycles. The standard InChI is InChI=1S/C15H11NO3/c17-15(18)11-6-2-4-8-13(11)19-14-9-10-5-1-3-7-12(10)16-14/h1-9,16H,(H,17,18). The molecule has 4 nitrogen and oxygen atoms in total. The van der Waals surface area contributed by atoms with Gasteiger partial charge in [-0.3, -0.25) is 0 Å². The first-order valence-corrected chi connectivity index (χ1v) is 5.82. The maximum absolute atomic E-state index is 11.1. The molecule has 4 heteroatoms. The molecule has 1 aromatic heterocycles. The van der Waals surface area contributed by atoms with Crippen LogP contribution < -0.4 is 4.74 Å². The highest BCUT2D eigenvalue weighted by Gasteiger charge is 2.11. The van der Waals surface area contributed by atoms with E-state index in [1.54, 1.807) is 18.2 Å². The van der Waals surface area contributed by atoms with Gasteiger partial charge in [0, 0.05) is 17.0 Å². The molecule has 0 atom stereocenters. The van der Waals surface area contributed by atoms with E-state index in [4.69, 9.17) is 9.84 Å². The molecule has 0 spiro atoms. The third-order valence-electron chi connectivity index (χ3n) is 2.84. The Morgan fingerprint density at radius 1 is 1.05 bits per heavy atom. The number of carboxylic acids is 1. The van der Waals surface area contributed by atoms with Crippen molar-refractivity contribution < 1.29 is 14.6 Å². The zero-order valence-corrected chi connectivity index (χ0v) is 9.96. The summed E-state index contributed by atoms with van der Waals surface area (Å²) in [6.45, 7) is 0. The molecular weight excluding hydrogens is 242 g/mol. The Morgan fingerprint density at radius 2 is 1.79 bits per heavy atom. The van der Waals surface area contributed by atoms with Crippen molar-refractivity contribution in [3.05, 3.63) is 60.2 Å². The second-order valence-corrected chi connectivity index (χ2v) is 4.12. The number of aromatic amines is 1. The summed E-state index contributed by atoms with van der Waals surface area (Å²) in [5.74, 6) is -0.164. The van der Waals surface area contributed by atoms with E-state index in [0.717, 1.165) is 10.9 Å². The molecule has 3 rings (SSSR count). The van der Waals surface area contributed by atoms with Gasteiger partial charge in [-0.1, -0.05) is 30.3 Å². The maximum Gasteiger partial charge on any atom is 0.339 e. The molecule has 0 bridgehead atoms. The lowest BCUT2D eigenvalue weighted by atomic mass is 10.2. The Bertz CT molecular complexity index is 713. The summed E-state index contributed by atoms with van der Waals surface area (Å²) in [6, 6.07) is 16.2. The number of hydrogen-bond donors (Lipinski definition) is 2. The Labute approximate surface area is 109 Å². The zero-order valence-electron chi connectivity index (χ0n) is 9.96.